The summed E-state index contributed by atoms with van der Waals surface area (Å²) in [6.45, 7) is 0. The van der Waals surface area contributed by atoms with E-state index in [9.17, 15) is 4.79 Å². The summed E-state index contributed by atoms with van der Waals surface area (Å²) in [4.78, 5) is 10.9. The number of hydrazine groups is 1. The van der Waals surface area contributed by atoms with Crippen molar-refractivity contribution in [2.75, 3.05) is 0 Å². The van der Waals surface area contributed by atoms with Gasteiger partial charge in [-0.1, -0.05) is 28.1 Å². The van der Waals surface area contributed by atoms with Crippen molar-refractivity contribution in [3.8, 4) is 0 Å². The van der Waals surface area contributed by atoms with Crippen molar-refractivity contribution in [3.63, 3.8) is 0 Å². The third-order valence-electron chi connectivity index (χ3n) is 2.57. The molecule has 80 valence electrons. The highest BCUT2D eigenvalue weighted by Gasteiger charge is 2.34. The molecule has 4 nitrogen and oxygen atoms in total. The maximum absolute atomic E-state index is 10.9. The number of carbonyl (C=O) groups is 1. The first-order valence-electron chi connectivity index (χ1n) is 4.70. The predicted molar refractivity (Wildman–Crippen MR) is 60.7 cm³/mol. The largest absolute Gasteiger partial charge is 0.314 e. The van der Waals surface area contributed by atoms with E-state index in [-0.39, 0.29) is 18.1 Å². The minimum absolute atomic E-state index is 0.0602. The van der Waals surface area contributed by atoms with Gasteiger partial charge < -0.3 is 10.5 Å². The van der Waals surface area contributed by atoms with Crippen LogP contribution in [-0.4, -0.2) is 12.5 Å². The average molecular weight is 270 g/mol. The summed E-state index contributed by atoms with van der Waals surface area (Å²) in [7, 11) is 0. The Morgan fingerprint density at radius 3 is 2.87 bits per heavy atom. The second-order valence-electron chi connectivity index (χ2n) is 3.56. The van der Waals surface area contributed by atoms with Crippen molar-refractivity contribution in [2.24, 2.45) is 11.7 Å². The van der Waals surface area contributed by atoms with Gasteiger partial charge in [0, 0.05) is 4.47 Å². The summed E-state index contributed by atoms with van der Waals surface area (Å²) in [5.74, 6) is -0.237. The second-order valence-corrected chi connectivity index (χ2v) is 4.48. The molecule has 3 unspecified atom stereocenters. The fraction of sp³-hybridized carbons (Fsp3) is 0.300. The van der Waals surface area contributed by atoms with E-state index in [1.54, 1.807) is 0 Å². The number of hydrogen-bond donors (Lipinski definition) is 3. The Morgan fingerprint density at radius 1 is 1.40 bits per heavy atom. The standard InChI is InChI=1S/C10H12BrN3O/c11-7-3-1-2-6(4-7)9-8(5-15)10(12)14-13-9/h1-5,8-10,13-14H,12H2. The maximum Gasteiger partial charge on any atom is 0.127 e. The summed E-state index contributed by atoms with van der Waals surface area (Å²) in [5, 5.41) is 0. The minimum atomic E-state index is -0.327. The summed E-state index contributed by atoms with van der Waals surface area (Å²) < 4.78 is 0.993. The molecular weight excluding hydrogens is 258 g/mol. The maximum atomic E-state index is 10.9. The van der Waals surface area contributed by atoms with Crippen molar-refractivity contribution in [1.29, 1.82) is 0 Å². The number of carbonyl (C=O) groups excluding carboxylic acids is 1. The fourth-order valence-corrected chi connectivity index (χ4v) is 2.17. The topological polar surface area (TPSA) is 67.2 Å². The third kappa shape index (κ3) is 2.10. The van der Waals surface area contributed by atoms with Crippen LogP contribution < -0.4 is 16.6 Å². The molecule has 1 fully saturated rings. The molecule has 15 heavy (non-hydrogen) atoms. The number of nitrogens with one attached hydrogen (secondary N) is 2. The van der Waals surface area contributed by atoms with Crippen molar-refractivity contribution < 1.29 is 4.79 Å². The fourth-order valence-electron chi connectivity index (χ4n) is 1.75. The Bertz CT molecular complexity index is 371. The van der Waals surface area contributed by atoms with Crippen LogP contribution in [0.15, 0.2) is 28.7 Å². The van der Waals surface area contributed by atoms with Crippen LogP contribution in [0.4, 0.5) is 0 Å². The Kier molecular flexibility index (Phi) is 3.16. The van der Waals surface area contributed by atoms with Crippen LogP contribution in [0.25, 0.3) is 0 Å². The Labute approximate surface area is 96.3 Å². The summed E-state index contributed by atoms with van der Waals surface area (Å²) in [6.07, 6.45) is 0.565. The molecule has 0 aliphatic carbocycles. The van der Waals surface area contributed by atoms with E-state index in [4.69, 9.17) is 5.73 Å². The smallest absolute Gasteiger partial charge is 0.127 e. The lowest BCUT2D eigenvalue weighted by Crippen LogP contribution is -2.39. The van der Waals surface area contributed by atoms with Crippen LogP contribution in [0.1, 0.15) is 11.6 Å². The van der Waals surface area contributed by atoms with E-state index in [1.165, 1.54) is 0 Å². The van der Waals surface area contributed by atoms with Crippen LogP contribution in [0.2, 0.25) is 0 Å². The molecule has 1 aliphatic heterocycles. The highest BCUT2D eigenvalue weighted by Crippen LogP contribution is 2.27. The van der Waals surface area contributed by atoms with Gasteiger partial charge in [-0.25, -0.2) is 10.9 Å². The lowest BCUT2D eigenvalue weighted by molar-refractivity contribution is -0.111. The Morgan fingerprint density at radius 2 is 2.20 bits per heavy atom. The van der Waals surface area contributed by atoms with Gasteiger partial charge in [0.25, 0.3) is 0 Å². The molecule has 0 saturated carbocycles. The average Bonchev–Trinajstić information content (AvgIpc) is 2.59. The number of halogens is 1. The van der Waals surface area contributed by atoms with Crippen molar-refractivity contribution in [3.05, 3.63) is 34.3 Å². The number of rotatable bonds is 2. The number of aldehydes is 1. The molecule has 3 atom stereocenters. The predicted octanol–water partition coefficient (Wildman–Crippen LogP) is 0.698. The van der Waals surface area contributed by atoms with E-state index in [0.717, 1.165) is 16.3 Å². The first-order chi connectivity index (χ1) is 7.22. The van der Waals surface area contributed by atoms with Gasteiger partial charge in [0.2, 0.25) is 0 Å². The molecular formula is C10H12BrN3O. The van der Waals surface area contributed by atoms with Crippen LogP contribution in [0.5, 0.6) is 0 Å². The second kappa shape index (κ2) is 4.40. The first-order valence-corrected chi connectivity index (χ1v) is 5.49. The summed E-state index contributed by atoms with van der Waals surface area (Å²) in [5.41, 5.74) is 12.7. The molecule has 0 radical (unpaired) electrons. The monoisotopic (exact) mass is 269 g/mol. The molecule has 1 heterocycles. The van der Waals surface area contributed by atoms with Crippen LogP contribution in [0.3, 0.4) is 0 Å². The molecule has 1 aliphatic rings. The van der Waals surface area contributed by atoms with Gasteiger partial charge in [0.1, 0.15) is 6.29 Å². The molecule has 0 aromatic heterocycles. The minimum Gasteiger partial charge on any atom is -0.314 e. The molecule has 1 aromatic rings. The molecule has 2 rings (SSSR count). The van der Waals surface area contributed by atoms with Gasteiger partial charge in [0.15, 0.2) is 0 Å². The van der Waals surface area contributed by atoms with Gasteiger partial charge >= 0.3 is 0 Å². The molecule has 1 aromatic carbocycles. The molecule has 0 spiro atoms. The molecule has 0 bridgehead atoms. The SMILES string of the molecule is NC1NNC(c2cccc(Br)c2)C1C=O. The van der Waals surface area contributed by atoms with Gasteiger partial charge in [-0.15, -0.1) is 0 Å². The zero-order chi connectivity index (χ0) is 10.8. The number of nitrogens with two attached hydrogens (primary N) is 1. The number of benzene rings is 1. The lowest BCUT2D eigenvalue weighted by Gasteiger charge is -2.15. The van der Waals surface area contributed by atoms with Crippen LogP contribution in [0, 0.1) is 5.92 Å². The van der Waals surface area contributed by atoms with E-state index < -0.39 is 0 Å². The molecule has 4 N–H and O–H groups in total. The normalized spacial score (nSPS) is 30.4. The van der Waals surface area contributed by atoms with Gasteiger partial charge in [-0.3, -0.25) is 0 Å². The van der Waals surface area contributed by atoms with E-state index in [0.29, 0.717) is 0 Å². The van der Waals surface area contributed by atoms with Crippen LogP contribution in [-0.2, 0) is 4.79 Å². The Hall–Kier alpha value is -0.750. The molecule has 0 amide bonds. The van der Waals surface area contributed by atoms with E-state index in [2.05, 4.69) is 26.8 Å². The quantitative estimate of drug-likeness (QED) is 0.692. The summed E-state index contributed by atoms with van der Waals surface area (Å²) in [6, 6.07) is 7.77. The number of hydrogen-bond acceptors (Lipinski definition) is 4. The van der Waals surface area contributed by atoms with E-state index >= 15 is 0 Å². The van der Waals surface area contributed by atoms with Crippen molar-refractivity contribution in [2.45, 2.75) is 12.2 Å². The van der Waals surface area contributed by atoms with Gasteiger partial charge in [0.05, 0.1) is 18.1 Å². The highest BCUT2D eigenvalue weighted by atomic mass is 79.9. The third-order valence-corrected chi connectivity index (χ3v) is 3.06. The van der Waals surface area contributed by atoms with Crippen molar-refractivity contribution >= 4 is 22.2 Å². The van der Waals surface area contributed by atoms with Crippen LogP contribution >= 0.6 is 15.9 Å². The van der Waals surface area contributed by atoms with Crippen molar-refractivity contribution in [1.82, 2.24) is 10.9 Å². The summed E-state index contributed by atoms with van der Waals surface area (Å²) >= 11 is 3.40. The Balaban J connectivity index is 2.27. The first kappa shape index (κ1) is 10.8. The lowest BCUT2D eigenvalue weighted by atomic mass is 9.94. The highest BCUT2D eigenvalue weighted by molar-refractivity contribution is 9.10. The zero-order valence-electron chi connectivity index (χ0n) is 7.98. The molecule has 5 heteroatoms. The van der Waals surface area contributed by atoms with E-state index in [1.807, 2.05) is 24.3 Å². The van der Waals surface area contributed by atoms with Gasteiger partial charge in [-0.05, 0) is 17.7 Å². The van der Waals surface area contributed by atoms with Gasteiger partial charge in [-0.2, -0.15) is 0 Å². The zero-order valence-corrected chi connectivity index (χ0v) is 9.57. The molecule has 1 saturated heterocycles.